The topological polar surface area (TPSA) is 38.8 Å². The molecule has 2 fully saturated rings. The maximum atomic E-state index is 12.1. The molecule has 3 rings (SSSR count). The zero-order chi connectivity index (χ0) is 13.8. The third-order valence-corrected chi connectivity index (χ3v) is 4.18. The minimum absolute atomic E-state index is 0.196. The summed E-state index contributed by atoms with van der Waals surface area (Å²) in [4.78, 5) is 13.9. The fraction of sp³-hybridized carbons (Fsp3) is 0.562. The number of piperidine rings is 1. The fourth-order valence-electron chi connectivity index (χ4n) is 3.06. The zero-order valence-corrected chi connectivity index (χ0v) is 11.7. The van der Waals surface area contributed by atoms with Crippen molar-refractivity contribution in [3.8, 4) is 0 Å². The molecule has 4 nitrogen and oxygen atoms in total. The van der Waals surface area contributed by atoms with Crippen molar-refractivity contribution in [1.82, 2.24) is 4.90 Å². The average Bonchev–Trinajstić information content (AvgIpc) is 2.53. The van der Waals surface area contributed by atoms with Gasteiger partial charge in [0.25, 0.3) is 0 Å². The number of hydrogen-bond donors (Lipinski definition) is 0. The summed E-state index contributed by atoms with van der Waals surface area (Å²) in [5.41, 5.74) is 1.02. The van der Waals surface area contributed by atoms with Crippen LogP contribution in [0.3, 0.4) is 0 Å². The second-order valence-electron chi connectivity index (χ2n) is 5.59. The van der Waals surface area contributed by atoms with E-state index in [-0.39, 0.29) is 6.09 Å². The molecule has 0 radical (unpaired) electrons. The average molecular weight is 275 g/mol. The van der Waals surface area contributed by atoms with E-state index in [9.17, 15) is 4.79 Å². The Hall–Kier alpha value is -1.55. The quantitative estimate of drug-likeness (QED) is 0.833. The van der Waals surface area contributed by atoms with Crippen LogP contribution in [0.25, 0.3) is 0 Å². The number of likely N-dealkylation sites (tertiary alicyclic amines) is 1. The highest BCUT2D eigenvalue weighted by Crippen LogP contribution is 2.28. The highest BCUT2D eigenvalue weighted by Gasteiger charge is 2.34. The van der Waals surface area contributed by atoms with Crippen molar-refractivity contribution < 1.29 is 14.3 Å². The summed E-state index contributed by atoms with van der Waals surface area (Å²) >= 11 is 0. The van der Waals surface area contributed by atoms with Crippen molar-refractivity contribution in [3.05, 3.63) is 35.9 Å². The number of amides is 1. The lowest BCUT2D eigenvalue weighted by Crippen LogP contribution is -2.48. The van der Waals surface area contributed by atoms with E-state index in [0.717, 1.165) is 44.5 Å². The van der Waals surface area contributed by atoms with Crippen LogP contribution >= 0.6 is 0 Å². The number of rotatable bonds is 2. The van der Waals surface area contributed by atoms with Gasteiger partial charge in [-0.1, -0.05) is 30.3 Å². The summed E-state index contributed by atoms with van der Waals surface area (Å²) < 4.78 is 11.2. The van der Waals surface area contributed by atoms with Crippen LogP contribution < -0.4 is 0 Å². The Bertz CT molecular complexity index is 448. The first-order valence-corrected chi connectivity index (χ1v) is 7.40. The molecule has 0 spiro atoms. The predicted molar refractivity (Wildman–Crippen MR) is 75.3 cm³/mol. The Morgan fingerprint density at radius 2 is 2.15 bits per heavy atom. The van der Waals surface area contributed by atoms with Gasteiger partial charge in [0.2, 0.25) is 0 Å². The van der Waals surface area contributed by atoms with Gasteiger partial charge in [0.15, 0.2) is 0 Å². The van der Waals surface area contributed by atoms with Crippen LogP contribution in [-0.2, 0) is 16.1 Å². The molecule has 1 amide bonds. The van der Waals surface area contributed by atoms with E-state index in [1.807, 2.05) is 35.2 Å². The summed E-state index contributed by atoms with van der Waals surface area (Å²) in [6.07, 6.45) is 3.35. The van der Waals surface area contributed by atoms with Crippen LogP contribution in [0.4, 0.5) is 4.79 Å². The molecule has 2 aliphatic rings. The molecule has 2 saturated heterocycles. The molecule has 0 saturated carbocycles. The molecule has 2 aliphatic heterocycles. The van der Waals surface area contributed by atoms with Crippen LogP contribution in [-0.4, -0.2) is 36.8 Å². The van der Waals surface area contributed by atoms with E-state index in [0.29, 0.717) is 18.6 Å². The van der Waals surface area contributed by atoms with Crippen molar-refractivity contribution in [2.75, 3.05) is 19.7 Å². The van der Waals surface area contributed by atoms with Gasteiger partial charge in [-0.2, -0.15) is 0 Å². The number of nitrogens with zero attached hydrogens (tertiary/aromatic N) is 1. The molecule has 1 aromatic carbocycles. The van der Waals surface area contributed by atoms with Gasteiger partial charge in [-0.05, 0) is 24.8 Å². The molecule has 2 heterocycles. The number of carbonyl (C=O) groups is 1. The van der Waals surface area contributed by atoms with Crippen molar-refractivity contribution in [2.45, 2.75) is 32.0 Å². The monoisotopic (exact) mass is 275 g/mol. The predicted octanol–water partition coefficient (Wildman–Crippen LogP) is 2.82. The smallest absolute Gasteiger partial charge is 0.410 e. The Morgan fingerprint density at radius 1 is 1.30 bits per heavy atom. The zero-order valence-electron chi connectivity index (χ0n) is 11.7. The molecular formula is C16H21NO3. The lowest BCUT2D eigenvalue weighted by molar-refractivity contribution is -0.0639. The lowest BCUT2D eigenvalue weighted by Gasteiger charge is -2.40. The molecule has 20 heavy (non-hydrogen) atoms. The van der Waals surface area contributed by atoms with Gasteiger partial charge in [0, 0.05) is 25.6 Å². The summed E-state index contributed by atoms with van der Waals surface area (Å²) in [6, 6.07) is 9.80. The number of ether oxygens (including phenoxy) is 2. The van der Waals surface area contributed by atoms with Crippen LogP contribution in [0.1, 0.15) is 24.8 Å². The third kappa shape index (κ3) is 3.12. The Labute approximate surface area is 119 Å². The summed E-state index contributed by atoms with van der Waals surface area (Å²) in [5.74, 6) is 0.488. The van der Waals surface area contributed by atoms with E-state index in [4.69, 9.17) is 9.47 Å². The number of carbonyl (C=O) groups excluding carboxylic acids is 1. The third-order valence-electron chi connectivity index (χ3n) is 4.18. The molecule has 0 bridgehead atoms. The van der Waals surface area contributed by atoms with Crippen molar-refractivity contribution in [3.63, 3.8) is 0 Å². The normalized spacial score (nSPS) is 25.9. The minimum atomic E-state index is -0.196. The number of benzene rings is 1. The molecule has 0 aromatic heterocycles. The SMILES string of the molecule is O=C(OCc1ccccc1)N1CC[C@@H]2OCCC[C@@H]2C1. The first-order valence-electron chi connectivity index (χ1n) is 7.40. The first kappa shape index (κ1) is 13.4. The molecule has 2 atom stereocenters. The Morgan fingerprint density at radius 3 is 3.00 bits per heavy atom. The van der Waals surface area contributed by atoms with Gasteiger partial charge in [-0.25, -0.2) is 4.79 Å². The highest BCUT2D eigenvalue weighted by atomic mass is 16.6. The van der Waals surface area contributed by atoms with Gasteiger partial charge in [0.05, 0.1) is 6.10 Å². The standard InChI is InChI=1S/C16H21NO3/c18-16(20-12-13-5-2-1-3-6-13)17-9-8-15-14(11-17)7-4-10-19-15/h1-3,5-6,14-15H,4,7-12H2/t14-,15+/m1/s1. The van der Waals surface area contributed by atoms with Crippen molar-refractivity contribution in [1.29, 1.82) is 0 Å². The van der Waals surface area contributed by atoms with E-state index < -0.39 is 0 Å². The maximum Gasteiger partial charge on any atom is 0.410 e. The second-order valence-corrected chi connectivity index (χ2v) is 5.59. The van der Waals surface area contributed by atoms with E-state index in [1.54, 1.807) is 0 Å². The minimum Gasteiger partial charge on any atom is -0.445 e. The van der Waals surface area contributed by atoms with Crippen LogP contribution in [0.2, 0.25) is 0 Å². The van der Waals surface area contributed by atoms with Gasteiger partial charge in [-0.3, -0.25) is 0 Å². The van der Waals surface area contributed by atoms with Crippen molar-refractivity contribution in [2.24, 2.45) is 5.92 Å². The highest BCUT2D eigenvalue weighted by molar-refractivity contribution is 5.67. The molecule has 1 aromatic rings. The van der Waals surface area contributed by atoms with E-state index in [2.05, 4.69) is 0 Å². The summed E-state index contributed by atoms with van der Waals surface area (Å²) in [6.45, 7) is 2.74. The summed E-state index contributed by atoms with van der Waals surface area (Å²) in [7, 11) is 0. The fourth-order valence-corrected chi connectivity index (χ4v) is 3.06. The second kappa shape index (κ2) is 6.27. The first-order chi connectivity index (χ1) is 9.83. The van der Waals surface area contributed by atoms with Crippen LogP contribution in [0.15, 0.2) is 30.3 Å². The lowest BCUT2D eigenvalue weighted by atomic mass is 9.89. The maximum absolute atomic E-state index is 12.1. The van der Waals surface area contributed by atoms with Crippen LogP contribution in [0.5, 0.6) is 0 Å². The largest absolute Gasteiger partial charge is 0.445 e. The molecule has 0 aliphatic carbocycles. The molecule has 0 unspecified atom stereocenters. The number of fused-ring (bicyclic) bond motifs is 1. The van der Waals surface area contributed by atoms with Gasteiger partial charge in [0.1, 0.15) is 6.61 Å². The molecule has 0 N–H and O–H groups in total. The summed E-state index contributed by atoms with van der Waals surface area (Å²) in [5, 5.41) is 0. The van der Waals surface area contributed by atoms with Gasteiger partial charge < -0.3 is 14.4 Å². The number of hydrogen-bond acceptors (Lipinski definition) is 3. The van der Waals surface area contributed by atoms with Gasteiger partial charge in [-0.15, -0.1) is 0 Å². The molecule has 108 valence electrons. The Kier molecular flexibility index (Phi) is 4.21. The van der Waals surface area contributed by atoms with Crippen molar-refractivity contribution >= 4 is 6.09 Å². The Balaban J connectivity index is 1.50. The van der Waals surface area contributed by atoms with E-state index in [1.165, 1.54) is 0 Å². The molecule has 4 heteroatoms. The van der Waals surface area contributed by atoms with Gasteiger partial charge >= 0.3 is 6.09 Å². The van der Waals surface area contributed by atoms with Crippen LogP contribution in [0, 0.1) is 5.92 Å². The molecular weight excluding hydrogens is 254 g/mol. The van der Waals surface area contributed by atoms with E-state index >= 15 is 0 Å².